The van der Waals surface area contributed by atoms with Gasteiger partial charge >= 0.3 is 0 Å². The van der Waals surface area contributed by atoms with Gasteiger partial charge in [0.05, 0.1) is 4.90 Å². The van der Waals surface area contributed by atoms with Crippen LogP contribution >= 0.6 is 0 Å². The number of nitrogens with one attached hydrogen (secondary N) is 2. The molecule has 0 aromatic heterocycles. The molecule has 29 heavy (non-hydrogen) atoms. The Morgan fingerprint density at radius 2 is 1.79 bits per heavy atom. The summed E-state index contributed by atoms with van der Waals surface area (Å²) in [5.74, 6) is 0.718. The van der Waals surface area contributed by atoms with Crippen LogP contribution in [0.1, 0.15) is 23.6 Å². The summed E-state index contributed by atoms with van der Waals surface area (Å²) < 4.78 is 23.5. The molecule has 7 heteroatoms. The standard InChI is InChI=1S/C22H32N4O2S/c1-6-26(20-10-8-7-9-17(20)2)14-13-24-22(23-4)25-16-19-11-12-21(18(3)15-19)29(5,27)28/h7-12,15H,6,13-14,16H2,1-5H3,(H2,23,24,25). The number of guanidine groups is 1. The second kappa shape index (κ2) is 10.3. The lowest BCUT2D eigenvalue weighted by molar-refractivity contribution is 0.601. The van der Waals surface area contributed by atoms with Crippen molar-refractivity contribution in [3.8, 4) is 0 Å². The van der Waals surface area contributed by atoms with Crippen LogP contribution in [0.3, 0.4) is 0 Å². The molecule has 0 unspecified atom stereocenters. The van der Waals surface area contributed by atoms with Crippen LogP contribution < -0.4 is 15.5 Å². The van der Waals surface area contributed by atoms with Gasteiger partial charge in [0.15, 0.2) is 15.8 Å². The van der Waals surface area contributed by atoms with Gasteiger partial charge in [-0.05, 0) is 49.6 Å². The Labute approximate surface area is 175 Å². The van der Waals surface area contributed by atoms with E-state index in [0.29, 0.717) is 11.4 Å². The van der Waals surface area contributed by atoms with E-state index in [1.165, 1.54) is 17.5 Å². The van der Waals surface area contributed by atoms with Crippen LogP contribution in [0.15, 0.2) is 52.4 Å². The number of benzene rings is 2. The molecule has 0 aliphatic carbocycles. The molecule has 0 spiro atoms. The van der Waals surface area contributed by atoms with Gasteiger partial charge in [-0.15, -0.1) is 0 Å². The minimum atomic E-state index is -3.20. The quantitative estimate of drug-likeness (QED) is 0.511. The Bertz CT molecular complexity index is 955. The Kier molecular flexibility index (Phi) is 8.08. The second-order valence-electron chi connectivity index (χ2n) is 7.09. The van der Waals surface area contributed by atoms with Crippen molar-refractivity contribution in [2.45, 2.75) is 32.2 Å². The molecule has 2 rings (SSSR count). The lowest BCUT2D eigenvalue weighted by atomic mass is 10.1. The molecule has 0 fully saturated rings. The molecule has 0 saturated heterocycles. The average Bonchev–Trinajstić information content (AvgIpc) is 2.67. The molecule has 0 saturated carbocycles. The van der Waals surface area contributed by atoms with Gasteiger partial charge in [0.1, 0.15) is 0 Å². The third-order valence-electron chi connectivity index (χ3n) is 4.83. The average molecular weight is 417 g/mol. The first-order valence-electron chi connectivity index (χ1n) is 9.81. The molecule has 0 atom stereocenters. The topological polar surface area (TPSA) is 73.8 Å². The highest BCUT2D eigenvalue weighted by Crippen LogP contribution is 2.18. The molecule has 0 aliphatic heterocycles. The van der Waals surface area contributed by atoms with Crippen molar-refractivity contribution in [3.63, 3.8) is 0 Å². The molecule has 6 nitrogen and oxygen atoms in total. The van der Waals surface area contributed by atoms with Crippen molar-refractivity contribution in [1.29, 1.82) is 0 Å². The fraction of sp³-hybridized carbons (Fsp3) is 0.409. The van der Waals surface area contributed by atoms with Crippen LogP contribution in [-0.2, 0) is 16.4 Å². The molecule has 158 valence electrons. The number of rotatable bonds is 8. The number of likely N-dealkylation sites (N-methyl/N-ethyl adjacent to an activating group) is 1. The highest BCUT2D eigenvalue weighted by molar-refractivity contribution is 7.90. The van der Waals surface area contributed by atoms with Crippen LogP contribution in [0.25, 0.3) is 0 Å². The molecule has 0 radical (unpaired) electrons. The number of aryl methyl sites for hydroxylation is 2. The van der Waals surface area contributed by atoms with Crippen molar-refractivity contribution < 1.29 is 8.42 Å². The summed E-state index contributed by atoms with van der Waals surface area (Å²) in [6.45, 7) is 9.23. The Morgan fingerprint density at radius 3 is 2.38 bits per heavy atom. The van der Waals surface area contributed by atoms with E-state index in [1.54, 1.807) is 13.1 Å². The van der Waals surface area contributed by atoms with Crippen molar-refractivity contribution in [1.82, 2.24) is 10.6 Å². The summed E-state index contributed by atoms with van der Waals surface area (Å²) in [4.78, 5) is 6.99. The SMILES string of the molecule is CCN(CCNC(=NC)NCc1ccc(S(C)(=O)=O)c(C)c1)c1ccccc1C. The predicted octanol–water partition coefficient (Wildman–Crippen LogP) is 2.90. The maximum Gasteiger partial charge on any atom is 0.191 e. The van der Waals surface area contributed by atoms with Gasteiger partial charge in [0, 0.05) is 45.2 Å². The third kappa shape index (κ3) is 6.49. The predicted molar refractivity (Wildman–Crippen MR) is 122 cm³/mol. The van der Waals surface area contributed by atoms with Gasteiger partial charge in [-0.2, -0.15) is 0 Å². The minimum Gasteiger partial charge on any atom is -0.370 e. The van der Waals surface area contributed by atoms with E-state index in [1.807, 2.05) is 19.1 Å². The maximum atomic E-state index is 11.8. The molecule has 2 aromatic rings. The first kappa shape index (κ1) is 22.7. The second-order valence-corrected chi connectivity index (χ2v) is 9.07. The van der Waals surface area contributed by atoms with Crippen molar-refractivity contribution in [2.24, 2.45) is 4.99 Å². The van der Waals surface area contributed by atoms with Gasteiger partial charge in [-0.25, -0.2) is 8.42 Å². The Hall–Kier alpha value is -2.54. The van der Waals surface area contributed by atoms with Crippen LogP contribution in [0.2, 0.25) is 0 Å². The normalized spacial score (nSPS) is 12.0. The van der Waals surface area contributed by atoms with E-state index in [0.717, 1.165) is 36.7 Å². The largest absolute Gasteiger partial charge is 0.370 e. The summed E-state index contributed by atoms with van der Waals surface area (Å²) >= 11 is 0. The first-order chi connectivity index (χ1) is 13.8. The Balaban J connectivity index is 1.90. The lowest BCUT2D eigenvalue weighted by Crippen LogP contribution is -2.41. The number of para-hydroxylation sites is 1. The molecular formula is C22H32N4O2S. The third-order valence-corrected chi connectivity index (χ3v) is 6.09. The van der Waals surface area contributed by atoms with E-state index in [-0.39, 0.29) is 0 Å². The number of anilines is 1. The van der Waals surface area contributed by atoms with Crippen LogP contribution in [-0.4, -0.2) is 47.3 Å². The van der Waals surface area contributed by atoms with Crippen LogP contribution in [0, 0.1) is 13.8 Å². The molecule has 0 amide bonds. The Morgan fingerprint density at radius 1 is 1.07 bits per heavy atom. The lowest BCUT2D eigenvalue weighted by Gasteiger charge is -2.25. The summed E-state index contributed by atoms with van der Waals surface area (Å²) in [5.41, 5.74) is 4.28. The van der Waals surface area contributed by atoms with E-state index >= 15 is 0 Å². The number of sulfone groups is 1. The van der Waals surface area contributed by atoms with Gasteiger partial charge in [0.25, 0.3) is 0 Å². The first-order valence-corrected chi connectivity index (χ1v) is 11.7. The van der Waals surface area contributed by atoms with Gasteiger partial charge in [-0.1, -0.05) is 30.3 Å². The van der Waals surface area contributed by atoms with E-state index in [9.17, 15) is 8.42 Å². The zero-order valence-electron chi connectivity index (χ0n) is 18.0. The zero-order chi connectivity index (χ0) is 21.4. The van der Waals surface area contributed by atoms with Gasteiger partial charge < -0.3 is 15.5 Å². The molecular weight excluding hydrogens is 384 g/mol. The fourth-order valence-corrected chi connectivity index (χ4v) is 4.28. The van der Waals surface area contributed by atoms with Crippen LogP contribution in [0.4, 0.5) is 5.69 Å². The summed E-state index contributed by atoms with van der Waals surface area (Å²) in [6, 6.07) is 13.8. The number of hydrogen-bond donors (Lipinski definition) is 2. The van der Waals surface area contributed by atoms with Crippen molar-refractivity contribution >= 4 is 21.5 Å². The van der Waals surface area contributed by atoms with Gasteiger partial charge in [-0.3, -0.25) is 4.99 Å². The summed E-state index contributed by atoms with van der Waals surface area (Å²) in [6.07, 6.45) is 1.23. The molecule has 2 aromatic carbocycles. The van der Waals surface area contributed by atoms with E-state index < -0.39 is 9.84 Å². The molecule has 2 N–H and O–H groups in total. The zero-order valence-corrected chi connectivity index (χ0v) is 18.8. The molecule has 0 aliphatic rings. The number of aliphatic imine (C=N–C) groups is 1. The molecule has 0 heterocycles. The highest BCUT2D eigenvalue weighted by Gasteiger charge is 2.11. The van der Waals surface area contributed by atoms with E-state index in [4.69, 9.17) is 0 Å². The summed E-state index contributed by atoms with van der Waals surface area (Å²) in [7, 11) is -1.45. The maximum absolute atomic E-state index is 11.8. The molecule has 0 bridgehead atoms. The smallest absolute Gasteiger partial charge is 0.191 e. The van der Waals surface area contributed by atoms with Crippen LogP contribution in [0.5, 0.6) is 0 Å². The monoisotopic (exact) mass is 416 g/mol. The fourth-order valence-electron chi connectivity index (χ4n) is 3.32. The number of nitrogens with zero attached hydrogens (tertiary/aromatic N) is 2. The minimum absolute atomic E-state index is 0.375. The van der Waals surface area contributed by atoms with Crippen molar-refractivity contribution in [2.75, 3.05) is 37.8 Å². The number of hydrogen-bond acceptors (Lipinski definition) is 4. The van der Waals surface area contributed by atoms with E-state index in [2.05, 4.69) is 58.6 Å². The summed E-state index contributed by atoms with van der Waals surface area (Å²) in [5, 5.41) is 6.63. The van der Waals surface area contributed by atoms with Crippen molar-refractivity contribution in [3.05, 3.63) is 59.2 Å². The highest BCUT2D eigenvalue weighted by atomic mass is 32.2. The van der Waals surface area contributed by atoms with Gasteiger partial charge in [0.2, 0.25) is 0 Å².